The minimum absolute atomic E-state index is 0.154. The van der Waals surface area contributed by atoms with E-state index in [4.69, 9.17) is 17.0 Å². The van der Waals surface area contributed by atoms with E-state index in [2.05, 4.69) is 25.7 Å². The monoisotopic (exact) mass is 434 g/mol. The van der Waals surface area contributed by atoms with Crippen molar-refractivity contribution in [2.24, 2.45) is 5.92 Å². The Kier molecular flexibility index (Phi) is 5.37. The summed E-state index contributed by atoms with van der Waals surface area (Å²) in [5.74, 6) is 1.69. The molecule has 0 unspecified atom stereocenters. The molecule has 1 saturated heterocycles. The summed E-state index contributed by atoms with van der Waals surface area (Å²) in [6.07, 6.45) is 2.33. The number of benzene rings is 1. The Labute approximate surface area is 179 Å². The van der Waals surface area contributed by atoms with Crippen LogP contribution in [-0.4, -0.2) is 37.6 Å². The predicted molar refractivity (Wildman–Crippen MR) is 120 cm³/mol. The van der Waals surface area contributed by atoms with Crippen LogP contribution in [0.2, 0.25) is 0 Å². The van der Waals surface area contributed by atoms with Gasteiger partial charge in [-0.25, -0.2) is 0 Å². The maximum Gasteiger partial charge on any atom is 0.241 e. The number of hydrogen-bond donors (Lipinski definition) is 0. The van der Waals surface area contributed by atoms with Crippen LogP contribution in [0.4, 0.5) is 5.69 Å². The Morgan fingerprint density at radius 1 is 1.29 bits per heavy atom. The molecule has 2 aliphatic heterocycles. The molecule has 0 spiro atoms. The highest BCUT2D eigenvalue weighted by atomic mass is 32.9. The Bertz CT molecular complexity index is 955. The lowest BCUT2D eigenvalue weighted by Crippen LogP contribution is -2.52. The molecule has 0 atom stereocenters. The van der Waals surface area contributed by atoms with E-state index < -0.39 is 5.54 Å². The first kappa shape index (κ1) is 20.0. The van der Waals surface area contributed by atoms with Crippen molar-refractivity contribution in [2.75, 3.05) is 31.6 Å². The number of ether oxygens (including phenoxy) is 1. The first-order valence-electron chi connectivity index (χ1n) is 9.70. The number of methoxy groups -OCH3 is 1. The third kappa shape index (κ3) is 3.32. The van der Waals surface area contributed by atoms with E-state index in [9.17, 15) is 4.79 Å². The summed E-state index contributed by atoms with van der Waals surface area (Å²) >= 11 is 5.65. The minimum atomic E-state index is -0.421. The molecule has 4 nitrogen and oxygen atoms in total. The molecule has 1 amide bonds. The van der Waals surface area contributed by atoms with Crippen LogP contribution >= 0.6 is 32.9 Å². The number of anilines is 1. The zero-order chi connectivity index (χ0) is 20.1. The third-order valence-electron chi connectivity index (χ3n) is 5.95. The van der Waals surface area contributed by atoms with Gasteiger partial charge in [0.2, 0.25) is 5.91 Å². The summed E-state index contributed by atoms with van der Waals surface area (Å²) < 4.78 is 6.34. The maximum absolute atomic E-state index is 13.5. The van der Waals surface area contributed by atoms with Crippen molar-refractivity contribution in [3.63, 3.8) is 0 Å². The number of fused-ring (bicyclic) bond motifs is 3. The fourth-order valence-corrected chi connectivity index (χ4v) is 7.55. The molecule has 1 aromatic heterocycles. The van der Waals surface area contributed by atoms with Crippen LogP contribution < -0.4 is 9.64 Å². The van der Waals surface area contributed by atoms with Gasteiger partial charge in [0.1, 0.15) is 9.57 Å². The highest BCUT2D eigenvalue weighted by Gasteiger charge is 2.43. The third-order valence-corrected chi connectivity index (χ3v) is 9.27. The molecule has 0 bridgehead atoms. The van der Waals surface area contributed by atoms with Gasteiger partial charge in [0.15, 0.2) is 0 Å². The van der Waals surface area contributed by atoms with Gasteiger partial charge in [-0.15, -0.1) is 0 Å². The molecule has 0 aliphatic carbocycles. The molecular weight excluding hydrogens is 408 g/mol. The van der Waals surface area contributed by atoms with Crippen LogP contribution in [0.1, 0.15) is 38.5 Å². The lowest BCUT2D eigenvalue weighted by atomic mass is 9.87. The van der Waals surface area contributed by atoms with Gasteiger partial charge in [0, 0.05) is 11.1 Å². The number of carbonyl (C=O) groups is 1. The van der Waals surface area contributed by atoms with Gasteiger partial charge in [0.25, 0.3) is 0 Å². The molecule has 4 rings (SSSR count). The zero-order valence-electron chi connectivity index (χ0n) is 16.8. The van der Waals surface area contributed by atoms with E-state index in [1.165, 1.54) is 17.7 Å². The molecule has 0 N–H and O–H groups in total. The predicted octanol–water partition coefficient (Wildman–Crippen LogP) is 5.53. The van der Waals surface area contributed by atoms with E-state index in [1.807, 2.05) is 23.1 Å². The second-order valence-electron chi connectivity index (χ2n) is 8.29. The minimum Gasteiger partial charge on any atom is -0.497 e. The number of likely N-dealkylation sites (tertiary alicyclic amines) is 1. The van der Waals surface area contributed by atoms with Gasteiger partial charge in [-0.05, 0) is 63.9 Å². The van der Waals surface area contributed by atoms with Crippen molar-refractivity contribution in [3.8, 4) is 16.9 Å². The number of carbonyl (C=O) groups excluding carboxylic acids is 1. The first-order chi connectivity index (χ1) is 13.3. The molecular formula is C21H26N2O2S3. The van der Waals surface area contributed by atoms with Gasteiger partial charge in [0.05, 0.1) is 29.8 Å². The quantitative estimate of drug-likeness (QED) is 0.470. The van der Waals surface area contributed by atoms with Crippen LogP contribution in [0.25, 0.3) is 11.1 Å². The fraction of sp³-hybridized carbons (Fsp3) is 0.524. The fourth-order valence-electron chi connectivity index (χ4n) is 4.26. The van der Waals surface area contributed by atoms with Crippen molar-refractivity contribution in [1.29, 1.82) is 0 Å². The lowest BCUT2D eigenvalue weighted by Gasteiger charge is -2.44. The number of hydrogen-bond acceptors (Lipinski definition) is 6. The van der Waals surface area contributed by atoms with Crippen LogP contribution in [0.5, 0.6) is 5.75 Å². The number of amides is 1. The zero-order valence-corrected chi connectivity index (χ0v) is 19.2. The maximum atomic E-state index is 13.5. The van der Waals surface area contributed by atoms with E-state index in [-0.39, 0.29) is 5.91 Å². The first-order valence-corrected chi connectivity index (χ1v) is 12.3. The summed E-state index contributed by atoms with van der Waals surface area (Å²) in [5.41, 5.74) is 2.62. The van der Waals surface area contributed by atoms with E-state index in [0.29, 0.717) is 6.54 Å². The smallest absolute Gasteiger partial charge is 0.241 e. The summed E-state index contributed by atoms with van der Waals surface area (Å²) in [4.78, 5) is 19.0. The van der Waals surface area contributed by atoms with Gasteiger partial charge >= 0.3 is 0 Å². The van der Waals surface area contributed by atoms with E-state index in [1.54, 1.807) is 27.8 Å². The Balaban J connectivity index is 1.75. The van der Waals surface area contributed by atoms with E-state index >= 15 is 0 Å². The summed E-state index contributed by atoms with van der Waals surface area (Å²) in [6, 6.07) is 5.95. The molecule has 0 saturated carbocycles. The van der Waals surface area contributed by atoms with Gasteiger partial charge < -0.3 is 9.64 Å². The van der Waals surface area contributed by atoms with Crippen molar-refractivity contribution < 1.29 is 9.53 Å². The average molecular weight is 435 g/mol. The largest absolute Gasteiger partial charge is 0.497 e. The van der Waals surface area contributed by atoms with Crippen LogP contribution in [-0.2, 0) is 10.3 Å². The molecule has 28 heavy (non-hydrogen) atoms. The second-order valence-corrected chi connectivity index (χ2v) is 11.1. The van der Waals surface area contributed by atoms with Gasteiger partial charge in [-0.1, -0.05) is 39.8 Å². The highest BCUT2D eigenvalue weighted by molar-refractivity contribution is 7.80. The Morgan fingerprint density at radius 2 is 2.00 bits per heavy atom. The summed E-state index contributed by atoms with van der Waals surface area (Å²) in [5, 5.41) is 0. The normalized spacial score (nSPS) is 19.2. The topological polar surface area (TPSA) is 32.8 Å². The molecule has 150 valence electrons. The van der Waals surface area contributed by atoms with Crippen LogP contribution in [0.3, 0.4) is 0 Å². The number of nitrogens with zero attached hydrogens (tertiary/aromatic N) is 2. The molecule has 7 heteroatoms. The highest BCUT2D eigenvalue weighted by Crippen LogP contribution is 2.52. The van der Waals surface area contributed by atoms with Crippen molar-refractivity contribution >= 4 is 44.5 Å². The van der Waals surface area contributed by atoms with Gasteiger partial charge in [-0.2, -0.15) is 0 Å². The van der Waals surface area contributed by atoms with Crippen molar-refractivity contribution in [1.82, 2.24) is 4.90 Å². The molecule has 1 aromatic carbocycles. The summed E-state index contributed by atoms with van der Waals surface area (Å²) in [7, 11) is 4.98. The number of piperidine rings is 1. The molecule has 1 fully saturated rings. The van der Waals surface area contributed by atoms with E-state index in [0.717, 1.165) is 45.4 Å². The lowest BCUT2D eigenvalue weighted by molar-refractivity contribution is -0.121. The molecule has 0 radical (unpaired) electrons. The molecule has 2 aromatic rings. The molecule has 2 aliphatic rings. The Morgan fingerprint density at radius 3 is 2.68 bits per heavy atom. The number of rotatable bonds is 3. The molecule has 3 heterocycles. The standard InChI is InChI=1S/C21H26N2O2S3/c1-13-7-9-22(10-8-13)12-17(24)23-16-6-5-14(25-4)11-15(16)18-19(21(23,2)3)27-28-20(18)26/h5-6,11,13H,7-10,12H2,1-4H3. The summed E-state index contributed by atoms with van der Waals surface area (Å²) in [6.45, 7) is 9.02. The SMILES string of the molecule is COc1ccc2c(c1)-c1c(ssc1=S)C(C)(C)N2C(=O)CN1CCC(C)CC1. The van der Waals surface area contributed by atoms with Crippen molar-refractivity contribution in [2.45, 2.75) is 39.2 Å². The van der Waals surface area contributed by atoms with Crippen molar-refractivity contribution in [3.05, 3.63) is 26.9 Å². The van der Waals surface area contributed by atoms with Crippen LogP contribution in [0.15, 0.2) is 18.2 Å². The Hall–Kier alpha value is -1.28. The second kappa shape index (κ2) is 7.52. The van der Waals surface area contributed by atoms with Crippen LogP contribution in [0, 0.1) is 9.74 Å². The van der Waals surface area contributed by atoms with Gasteiger partial charge in [-0.3, -0.25) is 9.69 Å². The average Bonchev–Trinajstić information content (AvgIpc) is 3.06.